The minimum atomic E-state index is -0.357. The fourth-order valence-electron chi connectivity index (χ4n) is 6.29. The zero-order valence-electron chi connectivity index (χ0n) is 16.2. The molecule has 8 rings (SSSR count). The van der Waals surface area contributed by atoms with Gasteiger partial charge in [0.1, 0.15) is 5.75 Å². The number of carbonyl (C=O) groups is 2. The molecule has 2 atom stereocenters. The Morgan fingerprint density at radius 2 is 1.23 bits per heavy atom. The maximum Gasteiger partial charge on any atom is 0.238 e. The molecule has 0 spiro atoms. The molecule has 146 valence electrons. The molecule has 2 bridgehead atoms. The zero-order chi connectivity index (χ0) is 20.0. The highest BCUT2D eigenvalue weighted by atomic mass is 16.5. The molecule has 0 radical (unpaired) electrons. The van der Waals surface area contributed by atoms with Gasteiger partial charge in [0.05, 0.1) is 24.1 Å². The second-order valence-electron chi connectivity index (χ2n) is 8.64. The maximum atomic E-state index is 13.8. The molecular weight excluding hydrogens is 374 g/mol. The molecule has 1 saturated heterocycles. The predicted molar refractivity (Wildman–Crippen MR) is 112 cm³/mol. The average molecular weight is 393 g/mol. The molecule has 2 heterocycles. The van der Waals surface area contributed by atoms with Gasteiger partial charge in [0.2, 0.25) is 11.8 Å². The first-order valence-electron chi connectivity index (χ1n) is 10.6. The Hall–Kier alpha value is -3.40. The molecule has 4 nitrogen and oxygen atoms in total. The summed E-state index contributed by atoms with van der Waals surface area (Å²) in [6, 6.07) is 22.4. The van der Waals surface area contributed by atoms with Gasteiger partial charge in [-0.3, -0.25) is 9.59 Å². The number of anilines is 1. The minimum Gasteiger partial charge on any atom is -0.491 e. The van der Waals surface area contributed by atoms with Gasteiger partial charge in [-0.25, -0.2) is 4.90 Å². The lowest BCUT2D eigenvalue weighted by Gasteiger charge is -2.45. The van der Waals surface area contributed by atoms with Crippen molar-refractivity contribution in [1.82, 2.24) is 0 Å². The number of carbonyl (C=O) groups excluding carboxylic acids is 2. The molecule has 3 aromatic rings. The third kappa shape index (κ3) is 1.83. The lowest BCUT2D eigenvalue weighted by Crippen LogP contribution is -2.41. The molecule has 3 aliphatic carbocycles. The second-order valence-corrected chi connectivity index (χ2v) is 8.64. The van der Waals surface area contributed by atoms with Crippen LogP contribution in [0.25, 0.3) is 0 Å². The Kier molecular flexibility index (Phi) is 3.06. The number of para-hydroxylation sites is 1. The second kappa shape index (κ2) is 5.60. The highest BCUT2D eigenvalue weighted by molar-refractivity contribution is 6.24. The summed E-state index contributed by atoms with van der Waals surface area (Å²) in [6.07, 6.45) is 0.814. The zero-order valence-corrected chi connectivity index (χ0v) is 16.2. The maximum absolute atomic E-state index is 13.8. The molecule has 2 aliphatic heterocycles. The van der Waals surface area contributed by atoms with E-state index < -0.39 is 0 Å². The Labute approximate surface area is 174 Å². The predicted octanol–water partition coefficient (Wildman–Crippen LogP) is 4.02. The van der Waals surface area contributed by atoms with Crippen LogP contribution in [0.1, 0.15) is 39.7 Å². The number of fused-ring (bicyclic) bond motifs is 1. The number of imide groups is 1. The number of nitrogens with zero attached hydrogens (tertiary/aromatic N) is 1. The fourth-order valence-corrected chi connectivity index (χ4v) is 6.29. The van der Waals surface area contributed by atoms with E-state index in [0.29, 0.717) is 18.0 Å². The smallest absolute Gasteiger partial charge is 0.238 e. The number of amides is 2. The van der Waals surface area contributed by atoms with Crippen molar-refractivity contribution in [3.8, 4) is 5.75 Å². The molecule has 4 heteroatoms. The van der Waals surface area contributed by atoms with Crippen molar-refractivity contribution >= 4 is 17.5 Å². The molecule has 30 heavy (non-hydrogen) atoms. The van der Waals surface area contributed by atoms with Crippen molar-refractivity contribution in [2.24, 2.45) is 11.8 Å². The van der Waals surface area contributed by atoms with Gasteiger partial charge in [-0.1, -0.05) is 60.7 Å². The van der Waals surface area contributed by atoms with Gasteiger partial charge in [-0.15, -0.1) is 0 Å². The standard InChI is InChI=1S/C26H19NO3/c28-25-22-20-15-7-1-2-8-16(15)21(18-10-4-3-9-17(18)20)23(22)26(29)27(25)19-11-5-6-14-12-13-30-24(14)19/h1-11,20-23H,12-13H2/t20?,21?,22-,23+. The van der Waals surface area contributed by atoms with Crippen molar-refractivity contribution in [3.05, 3.63) is 94.5 Å². The highest BCUT2D eigenvalue weighted by Gasteiger charge is 2.62. The van der Waals surface area contributed by atoms with Gasteiger partial charge in [0.25, 0.3) is 0 Å². The molecular formula is C26H19NO3. The largest absolute Gasteiger partial charge is 0.491 e. The normalized spacial score (nSPS) is 27.4. The molecule has 2 amide bonds. The van der Waals surface area contributed by atoms with Gasteiger partial charge < -0.3 is 4.74 Å². The van der Waals surface area contributed by atoms with Crippen molar-refractivity contribution in [2.75, 3.05) is 11.5 Å². The lowest BCUT2D eigenvalue weighted by molar-refractivity contribution is -0.122. The van der Waals surface area contributed by atoms with Crippen LogP contribution < -0.4 is 9.64 Å². The summed E-state index contributed by atoms with van der Waals surface area (Å²) in [7, 11) is 0. The summed E-state index contributed by atoms with van der Waals surface area (Å²) in [5, 5.41) is 0. The summed E-state index contributed by atoms with van der Waals surface area (Å²) in [5.74, 6) is -0.354. The van der Waals surface area contributed by atoms with Gasteiger partial charge in [-0.2, -0.15) is 0 Å². The van der Waals surface area contributed by atoms with E-state index >= 15 is 0 Å². The highest BCUT2D eigenvalue weighted by Crippen LogP contribution is 2.61. The molecule has 5 aliphatic rings. The Bertz CT molecular complexity index is 1150. The summed E-state index contributed by atoms with van der Waals surface area (Å²) in [5.41, 5.74) is 6.46. The van der Waals surface area contributed by atoms with Crippen LogP contribution in [0, 0.1) is 11.8 Å². The topological polar surface area (TPSA) is 46.6 Å². The van der Waals surface area contributed by atoms with Gasteiger partial charge in [0, 0.05) is 18.3 Å². The number of ether oxygens (including phenoxy) is 1. The number of rotatable bonds is 1. The average Bonchev–Trinajstić information content (AvgIpc) is 3.37. The number of hydrogen-bond acceptors (Lipinski definition) is 3. The van der Waals surface area contributed by atoms with E-state index in [9.17, 15) is 9.59 Å². The SMILES string of the molecule is O=C1[C@@H]2C3c4ccccc4C(c4ccccc43)[C@@H]2C(=O)N1c1cccc2c1OCC2. The van der Waals surface area contributed by atoms with Crippen molar-refractivity contribution in [2.45, 2.75) is 18.3 Å². The van der Waals surface area contributed by atoms with Crippen LogP contribution in [0.4, 0.5) is 5.69 Å². The van der Waals surface area contributed by atoms with Crippen LogP contribution >= 0.6 is 0 Å². The first-order chi connectivity index (χ1) is 14.8. The molecule has 0 aromatic heterocycles. The quantitative estimate of drug-likeness (QED) is 0.587. The van der Waals surface area contributed by atoms with E-state index in [2.05, 4.69) is 24.3 Å². The summed E-state index contributed by atoms with van der Waals surface area (Å²) >= 11 is 0. The number of benzene rings is 3. The summed E-state index contributed by atoms with van der Waals surface area (Å²) in [6.45, 7) is 0.595. The van der Waals surface area contributed by atoms with Crippen molar-refractivity contribution < 1.29 is 14.3 Å². The first-order valence-corrected chi connectivity index (χ1v) is 10.6. The molecule has 0 saturated carbocycles. The van der Waals surface area contributed by atoms with Gasteiger partial charge >= 0.3 is 0 Å². The van der Waals surface area contributed by atoms with Crippen LogP contribution in [-0.2, 0) is 16.0 Å². The van der Waals surface area contributed by atoms with E-state index in [1.165, 1.54) is 27.2 Å². The summed E-state index contributed by atoms with van der Waals surface area (Å²) < 4.78 is 5.84. The van der Waals surface area contributed by atoms with Crippen LogP contribution in [0.5, 0.6) is 5.75 Å². The van der Waals surface area contributed by atoms with Crippen LogP contribution in [0.3, 0.4) is 0 Å². The Balaban J connectivity index is 1.45. The van der Waals surface area contributed by atoms with Crippen molar-refractivity contribution in [1.29, 1.82) is 0 Å². The van der Waals surface area contributed by atoms with E-state index in [0.717, 1.165) is 12.0 Å². The van der Waals surface area contributed by atoms with Crippen LogP contribution in [0.15, 0.2) is 66.7 Å². The molecule has 1 fully saturated rings. The van der Waals surface area contributed by atoms with Crippen molar-refractivity contribution in [3.63, 3.8) is 0 Å². The van der Waals surface area contributed by atoms with E-state index in [1.807, 2.05) is 42.5 Å². The molecule has 3 aromatic carbocycles. The summed E-state index contributed by atoms with van der Waals surface area (Å²) in [4.78, 5) is 29.0. The van der Waals surface area contributed by atoms with E-state index in [-0.39, 0.29) is 35.5 Å². The monoisotopic (exact) mass is 393 g/mol. The first kappa shape index (κ1) is 16.4. The van der Waals surface area contributed by atoms with E-state index in [1.54, 1.807) is 0 Å². The minimum absolute atomic E-state index is 0.0773. The van der Waals surface area contributed by atoms with Gasteiger partial charge in [-0.05, 0) is 33.9 Å². The van der Waals surface area contributed by atoms with Crippen LogP contribution in [0.2, 0.25) is 0 Å². The Morgan fingerprint density at radius 3 is 1.77 bits per heavy atom. The fraction of sp³-hybridized carbons (Fsp3) is 0.231. The lowest BCUT2D eigenvalue weighted by atomic mass is 9.55. The van der Waals surface area contributed by atoms with Gasteiger partial charge in [0.15, 0.2) is 0 Å². The molecule has 0 unspecified atom stereocenters. The van der Waals surface area contributed by atoms with E-state index in [4.69, 9.17) is 4.74 Å². The third-order valence-electron chi connectivity index (χ3n) is 7.38. The third-order valence-corrected chi connectivity index (χ3v) is 7.38. The molecule has 0 N–H and O–H groups in total. The number of hydrogen-bond donors (Lipinski definition) is 0. The van der Waals surface area contributed by atoms with Crippen LogP contribution in [-0.4, -0.2) is 18.4 Å². The Morgan fingerprint density at radius 1 is 0.700 bits per heavy atom.